The Morgan fingerprint density at radius 2 is 2.10 bits per heavy atom. The molecule has 1 saturated heterocycles. The zero-order valence-corrected chi connectivity index (χ0v) is 12.7. The average molecular weight is 293 g/mol. The highest BCUT2D eigenvalue weighted by molar-refractivity contribution is 5.97. The molecule has 1 aromatic carbocycles. The zero-order chi connectivity index (χ0) is 15.2. The first-order valence-electron chi connectivity index (χ1n) is 7.35. The summed E-state index contributed by atoms with van der Waals surface area (Å²) >= 11 is 0. The summed E-state index contributed by atoms with van der Waals surface area (Å²) in [7, 11) is 3.12. The molecule has 1 N–H and O–H groups in total. The minimum atomic E-state index is -0.105. The van der Waals surface area contributed by atoms with Gasteiger partial charge in [0.1, 0.15) is 11.5 Å². The third-order valence-electron chi connectivity index (χ3n) is 3.99. The van der Waals surface area contributed by atoms with Gasteiger partial charge in [-0.25, -0.2) is 0 Å². The SMILES string of the molecule is COc1ccc(C(=O)N2CCCCCC2CO)c(OC)c1. The number of carbonyl (C=O) groups is 1. The van der Waals surface area contributed by atoms with E-state index in [-0.39, 0.29) is 18.6 Å². The molecule has 0 radical (unpaired) electrons. The lowest BCUT2D eigenvalue weighted by Crippen LogP contribution is -2.42. The van der Waals surface area contributed by atoms with Crippen LogP contribution in [0.5, 0.6) is 11.5 Å². The molecule has 1 amide bonds. The fourth-order valence-electron chi connectivity index (χ4n) is 2.76. The zero-order valence-electron chi connectivity index (χ0n) is 12.7. The second kappa shape index (κ2) is 7.31. The number of amides is 1. The monoisotopic (exact) mass is 293 g/mol. The molecule has 0 aromatic heterocycles. The summed E-state index contributed by atoms with van der Waals surface area (Å²) in [5.74, 6) is 1.06. The molecule has 5 heteroatoms. The fraction of sp³-hybridized carbons (Fsp3) is 0.562. The van der Waals surface area contributed by atoms with Crippen LogP contribution >= 0.6 is 0 Å². The molecule has 1 unspecified atom stereocenters. The van der Waals surface area contributed by atoms with Crippen molar-refractivity contribution in [2.75, 3.05) is 27.4 Å². The second-order valence-electron chi connectivity index (χ2n) is 5.25. The van der Waals surface area contributed by atoms with E-state index in [9.17, 15) is 9.90 Å². The summed E-state index contributed by atoms with van der Waals surface area (Å²) < 4.78 is 10.5. The predicted molar refractivity (Wildman–Crippen MR) is 79.9 cm³/mol. The Kier molecular flexibility index (Phi) is 5.44. The number of likely N-dealkylation sites (tertiary alicyclic amines) is 1. The van der Waals surface area contributed by atoms with Crippen LogP contribution in [0.4, 0.5) is 0 Å². The molecule has 1 aliphatic heterocycles. The van der Waals surface area contributed by atoms with Gasteiger partial charge < -0.3 is 19.5 Å². The van der Waals surface area contributed by atoms with E-state index in [0.717, 1.165) is 25.7 Å². The molecule has 0 aliphatic carbocycles. The van der Waals surface area contributed by atoms with Gasteiger partial charge in [-0.05, 0) is 25.0 Å². The molecule has 21 heavy (non-hydrogen) atoms. The van der Waals surface area contributed by atoms with E-state index in [1.165, 1.54) is 7.11 Å². The number of methoxy groups -OCH3 is 2. The maximum absolute atomic E-state index is 12.8. The van der Waals surface area contributed by atoms with Crippen molar-refractivity contribution in [1.29, 1.82) is 0 Å². The summed E-state index contributed by atoms with van der Waals surface area (Å²) in [6.07, 6.45) is 3.97. The minimum absolute atomic E-state index is 0.00418. The van der Waals surface area contributed by atoms with Crippen LogP contribution in [-0.2, 0) is 0 Å². The quantitative estimate of drug-likeness (QED) is 0.923. The summed E-state index contributed by atoms with van der Waals surface area (Å²) in [6, 6.07) is 5.08. The van der Waals surface area contributed by atoms with E-state index in [2.05, 4.69) is 0 Å². The van der Waals surface area contributed by atoms with Crippen molar-refractivity contribution in [2.24, 2.45) is 0 Å². The average Bonchev–Trinajstić information content (AvgIpc) is 2.78. The molecule has 1 fully saturated rings. The van der Waals surface area contributed by atoms with Crippen molar-refractivity contribution in [1.82, 2.24) is 4.90 Å². The topological polar surface area (TPSA) is 59.0 Å². The standard InChI is InChI=1S/C16H23NO4/c1-20-13-7-8-14(15(10-13)21-2)16(19)17-9-5-3-4-6-12(17)11-18/h7-8,10,12,18H,3-6,9,11H2,1-2H3. The molecular weight excluding hydrogens is 270 g/mol. The van der Waals surface area contributed by atoms with Crippen LogP contribution in [0.25, 0.3) is 0 Å². The maximum Gasteiger partial charge on any atom is 0.257 e. The Morgan fingerprint density at radius 1 is 1.29 bits per heavy atom. The number of aliphatic hydroxyl groups is 1. The van der Waals surface area contributed by atoms with Crippen molar-refractivity contribution in [2.45, 2.75) is 31.7 Å². The largest absolute Gasteiger partial charge is 0.497 e. The van der Waals surface area contributed by atoms with Gasteiger partial charge in [0.15, 0.2) is 0 Å². The van der Waals surface area contributed by atoms with Crippen molar-refractivity contribution >= 4 is 5.91 Å². The smallest absolute Gasteiger partial charge is 0.257 e. The van der Waals surface area contributed by atoms with Crippen LogP contribution < -0.4 is 9.47 Å². The van der Waals surface area contributed by atoms with Gasteiger partial charge in [0.05, 0.1) is 32.4 Å². The predicted octanol–water partition coefficient (Wildman–Crippen LogP) is 2.08. The molecule has 1 atom stereocenters. The summed E-state index contributed by atoms with van der Waals surface area (Å²) in [6.45, 7) is 0.684. The molecule has 0 saturated carbocycles. The number of hydrogen-bond donors (Lipinski definition) is 1. The van der Waals surface area contributed by atoms with Crippen LogP contribution in [0.2, 0.25) is 0 Å². The molecule has 116 valence electrons. The van der Waals surface area contributed by atoms with E-state index in [1.54, 1.807) is 30.2 Å². The number of ether oxygens (including phenoxy) is 2. The van der Waals surface area contributed by atoms with E-state index < -0.39 is 0 Å². The number of nitrogens with zero attached hydrogens (tertiary/aromatic N) is 1. The number of carbonyl (C=O) groups excluding carboxylic acids is 1. The normalized spacial score (nSPS) is 19.0. The van der Waals surface area contributed by atoms with Crippen LogP contribution in [0, 0.1) is 0 Å². The van der Waals surface area contributed by atoms with Crippen molar-refractivity contribution < 1.29 is 19.4 Å². The molecule has 0 bridgehead atoms. The van der Waals surface area contributed by atoms with Gasteiger partial charge in [0.25, 0.3) is 5.91 Å². The van der Waals surface area contributed by atoms with Gasteiger partial charge >= 0.3 is 0 Å². The highest BCUT2D eigenvalue weighted by Gasteiger charge is 2.27. The van der Waals surface area contributed by atoms with Gasteiger partial charge in [-0.2, -0.15) is 0 Å². The third-order valence-corrected chi connectivity index (χ3v) is 3.99. The molecular formula is C16H23NO4. The molecule has 2 rings (SSSR count). The van der Waals surface area contributed by atoms with Gasteiger partial charge in [-0.1, -0.05) is 12.8 Å². The van der Waals surface area contributed by atoms with E-state index in [1.807, 2.05) is 0 Å². The maximum atomic E-state index is 12.8. The Balaban J connectivity index is 2.29. The molecule has 1 heterocycles. The van der Waals surface area contributed by atoms with Crippen LogP contribution in [0.15, 0.2) is 18.2 Å². The first-order chi connectivity index (χ1) is 10.2. The second-order valence-corrected chi connectivity index (χ2v) is 5.25. The number of hydrogen-bond acceptors (Lipinski definition) is 4. The first kappa shape index (κ1) is 15.6. The highest BCUT2D eigenvalue weighted by atomic mass is 16.5. The van der Waals surface area contributed by atoms with Gasteiger partial charge in [-0.3, -0.25) is 4.79 Å². The minimum Gasteiger partial charge on any atom is -0.497 e. The van der Waals surface area contributed by atoms with Crippen molar-refractivity contribution in [3.05, 3.63) is 23.8 Å². The summed E-state index contributed by atoms with van der Waals surface area (Å²) in [4.78, 5) is 14.6. The number of benzene rings is 1. The lowest BCUT2D eigenvalue weighted by Gasteiger charge is -2.29. The lowest BCUT2D eigenvalue weighted by molar-refractivity contribution is 0.0596. The fourth-order valence-corrected chi connectivity index (χ4v) is 2.76. The van der Waals surface area contributed by atoms with Gasteiger partial charge in [-0.15, -0.1) is 0 Å². The number of rotatable bonds is 4. The van der Waals surface area contributed by atoms with Crippen LogP contribution in [0.3, 0.4) is 0 Å². The molecule has 1 aromatic rings. The molecule has 5 nitrogen and oxygen atoms in total. The first-order valence-corrected chi connectivity index (χ1v) is 7.35. The van der Waals surface area contributed by atoms with E-state index in [0.29, 0.717) is 23.6 Å². The Bertz CT molecular complexity index is 489. The van der Waals surface area contributed by atoms with E-state index in [4.69, 9.17) is 9.47 Å². The highest BCUT2D eigenvalue weighted by Crippen LogP contribution is 2.27. The summed E-state index contributed by atoms with van der Waals surface area (Å²) in [5, 5.41) is 9.55. The Hall–Kier alpha value is -1.75. The molecule has 1 aliphatic rings. The Morgan fingerprint density at radius 3 is 2.76 bits per heavy atom. The van der Waals surface area contributed by atoms with Crippen molar-refractivity contribution in [3.63, 3.8) is 0 Å². The van der Waals surface area contributed by atoms with Gasteiger partial charge in [0, 0.05) is 12.6 Å². The van der Waals surface area contributed by atoms with Crippen molar-refractivity contribution in [3.8, 4) is 11.5 Å². The third kappa shape index (κ3) is 3.47. The van der Waals surface area contributed by atoms with Gasteiger partial charge in [0.2, 0.25) is 0 Å². The van der Waals surface area contributed by atoms with Crippen LogP contribution in [-0.4, -0.2) is 49.3 Å². The lowest BCUT2D eigenvalue weighted by atomic mass is 10.1. The molecule has 0 spiro atoms. The van der Waals surface area contributed by atoms with E-state index >= 15 is 0 Å². The number of aliphatic hydroxyl groups excluding tert-OH is 1. The Labute approximate surface area is 125 Å². The van der Waals surface area contributed by atoms with Crippen LogP contribution in [0.1, 0.15) is 36.0 Å². The summed E-state index contributed by atoms with van der Waals surface area (Å²) in [5.41, 5.74) is 0.513.